The van der Waals surface area contributed by atoms with Gasteiger partial charge in [0, 0.05) is 16.4 Å². The number of Topliss-reactive ketones (excluding diaryl/α,β-unsaturated/α-hetero) is 1. The van der Waals surface area contributed by atoms with E-state index in [9.17, 15) is 14.4 Å². The van der Waals surface area contributed by atoms with E-state index >= 15 is 0 Å². The molecule has 0 radical (unpaired) electrons. The third-order valence-corrected chi connectivity index (χ3v) is 4.00. The van der Waals surface area contributed by atoms with Gasteiger partial charge in [0.2, 0.25) is 5.78 Å². The molecule has 3 N–H and O–H groups in total. The minimum Gasteiger partial charge on any atom is -0.462 e. The van der Waals surface area contributed by atoms with E-state index < -0.39 is 24.3 Å². The Morgan fingerprint density at radius 3 is 2.46 bits per heavy atom. The SMILES string of the molecule is CCOC(=O)c1c(C)[nH]c(C(=O)COC(=O)c2ccc(Cl)cc2N)c1C. The number of halogens is 1. The lowest BCUT2D eigenvalue weighted by molar-refractivity contribution is 0.0473. The van der Waals surface area contributed by atoms with Gasteiger partial charge in [-0.3, -0.25) is 4.79 Å². The summed E-state index contributed by atoms with van der Waals surface area (Å²) < 4.78 is 10.0. The van der Waals surface area contributed by atoms with Gasteiger partial charge < -0.3 is 20.2 Å². The van der Waals surface area contributed by atoms with E-state index in [1.54, 1.807) is 20.8 Å². The van der Waals surface area contributed by atoms with E-state index in [1.165, 1.54) is 18.2 Å². The highest BCUT2D eigenvalue weighted by atomic mass is 35.5. The topological polar surface area (TPSA) is 111 Å². The molecule has 2 rings (SSSR count). The van der Waals surface area contributed by atoms with E-state index in [0.29, 0.717) is 21.8 Å². The summed E-state index contributed by atoms with van der Waals surface area (Å²) in [5, 5.41) is 0.388. The molecule has 0 saturated heterocycles. The highest BCUT2D eigenvalue weighted by molar-refractivity contribution is 6.31. The number of benzene rings is 1. The molecule has 0 fully saturated rings. The number of carbonyl (C=O) groups is 3. The van der Waals surface area contributed by atoms with Crippen molar-refractivity contribution in [3.63, 3.8) is 0 Å². The van der Waals surface area contributed by atoms with E-state index in [0.717, 1.165) is 0 Å². The lowest BCUT2D eigenvalue weighted by atomic mass is 10.1. The molecule has 0 unspecified atom stereocenters. The number of esters is 2. The molecule has 0 amide bonds. The van der Waals surface area contributed by atoms with Crippen molar-refractivity contribution < 1.29 is 23.9 Å². The molecule has 26 heavy (non-hydrogen) atoms. The monoisotopic (exact) mass is 378 g/mol. The van der Waals surface area contributed by atoms with Crippen LogP contribution in [0.2, 0.25) is 5.02 Å². The van der Waals surface area contributed by atoms with Gasteiger partial charge in [-0.1, -0.05) is 11.6 Å². The van der Waals surface area contributed by atoms with Crippen LogP contribution in [0.4, 0.5) is 5.69 Å². The summed E-state index contributed by atoms with van der Waals surface area (Å²) in [6.07, 6.45) is 0. The average molecular weight is 379 g/mol. The number of rotatable bonds is 6. The number of nitrogen functional groups attached to an aromatic ring is 1. The number of ketones is 1. The van der Waals surface area contributed by atoms with Crippen molar-refractivity contribution in [2.24, 2.45) is 0 Å². The predicted octanol–water partition coefficient (Wildman–Crippen LogP) is 3.08. The fraction of sp³-hybridized carbons (Fsp3) is 0.278. The second kappa shape index (κ2) is 8.05. The molecule has 2 aromatic rings. The Balaban J connectivity index is 2.12. The van der Waals surface area contributed by atoms with E-state index in [2.05, 4.69) is 4.98 Å². The Kier molecular flexibility index (Phi) is 6.05. The first kappa shape index (κ1) is 19.5. The van der Waals surface area contributed by atoms with E-state index in [1.807, 2.05) is 0 Å². The van der Waals surface area contributed by atoms with Gasteiger partial charge in [-0.15, -0.1) is 0 Å². The van der Waals surface area contributed by atoms with Crippen LogP contribution in [0.5, 0.6) is 0 Å². The molecule has 138 valence electrons. The van der Waals surface area contributed by atoms with Gasteiger partial charge in [-0.05, 0) is 44.5 Å². The number of aryl methyl sites for hydroxylation is 1. The molecule has 0 bridgehead atoms. The number of anilines is 1. The van der Waals surface area contributed by atoms with Crippen molar-refractivity contribution >= 4 is 35.0 Å². The van der Waals surface area contributed by atoms with Crippen LogP contribution < -0.4 is 5.73 Å². The number of aromatic amines is 1. The van der Waals surface area contributed by atoms with Crippen molar-refractivity contribution in [2.75, 3.05) is 18.9 Å². The van der Waals surface area contributed by atoms with Crippen LogP contribution in [0, 0.1) is 13.8 Å². The highest BCUT2D eigenvalue weighted by Crippen LogP contribution is 2.21. The first-order valence-electron chi connectivity index (χ1n) is 7.87. The summed E-state index contributed by atoms with van der Waals surface area (Å²) >= 11 is 5.78. The molecule has 0 aliphatic heterocycles. The van der Waals surface area contributed by atoms with Crippen LogP contribution in [0.1, 0.15) is 49.4 Å². The molecule has 0 aliphatic rings. The minimum atomic E-state index is -0.737. The van der Waals surface area contributed by atoms with E-state index in [4.69, 9.17) is 26.8 Å². The van der Waals surface area contributed by atoms with Gasteiger partial charge in [-0.2, -0.15) is 0 Å². The molecule has 0 spiro atoms. The summed E-state index contributed by atoms with van der Waals surface area (Å²) in [5.74, 6) is -1.72. The summed E-state index contributed by atoms with van der Waals surface area (Å²) in [6, 6.07) is 4.35. The first-order chi connectivity index (χ1) is 12.3. The highest BCUT2D eigenvalue weighted by Gasteiger charge is 2.23. The van der Waals surface area contributed by atoms with Crippen molar-refractivity contribution in [1.29, 1.82) is 0 Å². The third-order valence-electron chi connectivity index (χ3n) is 3.76. The van der Waals surface area contributed by atoms with Crippen LogP contribution in [-0.4, -0.2) is 35.9 Å². The van der Waals surface area contributed by atoms with E-state index in [-0.39, 0.29) is 23.6 Å². The number of hydrogen-bond acceptors (Lipinski definition) is 6. The van der Waals surface area contributed by atoms with Gasteiger partial charge in [0.1, 0.15) is 0 Å². The summed E-state index contributed by atoms with van der Waals surface area (Å²) in [6.45, 7) is 4.72. The third kappa shape index (κ3) is 4.05. The largest absolute Gasteiger partial charge is 0.462 e. The van der Waals surface area contributed by atoms with Crippen LogP contribution in [0.25, 0.3) is 0 Å². The standard InChI is InChI=1S/C18H19ClN2O5/c1-4-25-18(24)15-9(2)16(21-10(15)3)14(22)8-26-17(23)12-6-5-11(19)7-13(12)20/h5-7,21H,4,8,20H2,1-3H3. The summed E-state index contributed by atoms with van der Waals surface area (Å²) in [5.41, 5.74) is 7.47. The number of aromatic nitrogens is 1. The average Bonchev–Trinajstić information content (AvgIpc) is 2.87. The van der Waals surface area contributed by atoms with Crippen LogP contribution in [0.3, 0.4) is 0 Å². The van der Waals surface area contributed by atoms with Crippen LogP contribution >= 0.6 is 11.6 Å². The second-order valence-electron chi connectivity index (χ2n) is 5.58. The Morgan fingerprint density at radius 2 is 1.85 bits per heavy atom. The molecule has 0 atom stereocenters. The smallest absolute Gasteiger partial charge is 0.340 e. The number of H-pyrrole nitrogens is 1. The first-order valence-corrected chi connectivity index (χ1v) is 8.25. The number of carbonyl (C=O) groups excluding carboxylic acids is 3. The number of nitrogens with one attached hydrogen (secondary N) is 1. The second-order valence-corrected chi connectivity index (χ2v) is 6.01. The molecule has 0 saturated carbocycles. The Hall–Kier alpha value is -2.80. The van der Waals surface area contributed by atoms with Gasteiger partial charge in [0.15, 0.2) is 6.61 Å². The molecular formula is C18H19ClN2O5. The zero-order valence-corrected chi connectivity index (χ0v) is 15.4. The maximum absolute atomic E-state index is 12.4. The lowest BCUT2D eigenvalue weighted by Gasteiger charge is -2.07. The van der Waals surface area contributed by atoms with Gasteiger partial charge >= 0.3 is 11.9 Å². The molecular weight excluding hydrogens is 360 g/mol. The zero-order valence-electron chi connectivity index (χ0n) is 14.6. The Bertz CT molecular complexity index is 873. The maximum atomic E-state index is 12.4. The lowest BCUT2D eigenvalue weighted by Crippen LogP contribution is -2.16. The molecule has 1 heterocycles. The van der Waals surface area contributed by atoms with Gasteiger partial charge in [0.25, 0.3) is 0 Å². The van der Waals surface area contributed by atoms with Crippen LogP contribution in [0.15, 0.2) is 18.2 Å². The Morgan fingerprint density at radius 1 is 1.15 bits per heavy atom. The Labute approximate surface area is 155 Å². The van der Waals surface area contributed by atoms with Crippen molar-refractivity contribution in [3.8, 4) is 0 Å². The van der Waals surface area contributed by atoms with Crippen LogP contribution in [-0.2, 0) is 9.47 Å². The molecule has 0 aliphatic carbocycles. The molecule has 7 nitrogen and oxygen atoms in total. The molecule has 8 heteroatoms. The summed E-state index contributed by atoms with van der Waals surface area (Å²) in [7, 11) is 0. The van der Waals surface area contributed by atoms with Gasteiger partial charge in [-0.25, -0.2) is 9.59 Å². The van der Waals surface area contributed by atoms with Crippen molar-refractivity contribution in [3.05, 3.63) is 51.3 Å². The summed E-state index contributed by atoms with van der Waals surface area (Å²) in [4.78, 5) is 39.3. The molecule has 1 aromatic carbocycles. The zero-order chi connectivity index (χ0) is 19.4. The number of ether oxygens (including phenoxy) is 2. The fourth-order valence-corrected chi connectivity index (χ4v) is 2.72. The quantitative estimate of drug-likeness (QED) is 0.454. The van der Waals surface area contributed by atoms with Crippen molar-refractivity contribution in [2.45, 2.75) is 20.8 Å². The predicted molar refractivity (Wildman–Crippen MR) is 96.7 cm³/mol. The fourth-order valence-electron chi connectivity index (χ4n) is 2.54. The minimum absolute atomic E-state index is 0.119. The van der Waals surface area contributed by atoms with Gasteiger partial charge in [0.05, 0.1) is 23.4 Å². The normalized spacial score (nSPS) is 10.5. The number of nitrogens with two attached hydrogens (primary N) is 1. The number of hydrogen-bond donors (Lipinski definition) is 2. The maximum Gasteiger partial charge on any atom is 0.340 e. The van der Waals surface area contributed by atoms with Crippen molar-refractivity contribution in [1.82, 2.24) is 4.98 Å². The molecule has 1 aromatic heterocycles.